The minimum atomic E-state index is -0.953. The molecule has 0 aromatic heterocycles. The van der Waals surface area contributed by atoms with Crippen molar-refractivity contribution in [1.82, 2.24) is 10.2 Å². The molecule has 2 N–H and O–H groups in total. The number of nitro benzene ring substituents is 1. The summed E-state index contributed by atoms with van der Waals surface area (Å²) in [7, 11) is 0. The number of halogens is 1. The molecule has 0 aliphatic carbocycles. The minimum Gasteiger partial charge on any atom is -0.505 e. The van der Waals surface area contributed by atoms with Crippen LogP contribution in [0.5, 0.6) is 5.75 Å². The molecule has 1 atom stereocenters. The van der Waals surface area contributed by atoms with Crippen LogP contribution in [0.15, 0.2) is 12.1 Å². The van der Waals surface area contributed by atoms with Gasteiger partial charge in [0, 0.05) is 43.9 Å². The highest BCUT2D eigenvalue weighted by atomic mass is 19.1. The van der Waals surface area contributed by atoms with Crippen molar-refractivity contribution in [3.63, 3.8) is 0 Å². The Hall–Kier alpha value is -1.73. The Labute approximate surface area is 110 Å². The Kier molecular flexibility index (Phi) is 3.96. The molecular formula is C12H16FN3O3. The Morgan fingerprint density at radius 1 is 1.47 bits per heavy atom. The molecule has 1 fully saturated rings. The fourth-order valence-electron chi connectivity index (χ4n) is 2.30. The van der Waals surface area contributed by atoms with E-state index in [0.29, 0.717) is 0 Å². The van der Waals surface area contributed by atoms with Gasteiger partial charge < -0.3 is 10.4 Å². The topological polar surface area (TPSA) is 78.6 Å². The zero-order valence-corrected chi connectivity index (χ0v) is 10.6. The number of rotatable bonds is 3. The summed E-state index contributed by atoms with van der Waals surface area (Å²) in [4.78, 5) is 12.1. The number of hydrogen-bond acceptors (Lipinski definition) is 5. The van der Waals surface area contributed by atoms with E-state index < -0.39 is 16.5 Å². The van der Waals surface area contributed by atoms with Crippen LogP contribution < -0.4 is 5.32 Å². The second-order valence-electron chi connectivity index (χ2n) is 4.58. The van der Waals surface area contributed by atoms with Crippen LogP contribution in [-0.4, -0.2) is 41.1 Å². The van der Waals surface area contributed by atoms with E-state index in [1.54, 1.807) is 0 Å². The molecule has 0 radical (unpaired) electrons. The number of nitrogens with one attached hydrogen (secondary N) is 1. The van der Waals surface area contributed by atoms with Crippen LogP contribution in [0.2, 0.25) is 0 Å². The molecule has 104 valence electrons. The maximum Gasteiger partial charge on any atom is 0.272 e. The number of phenols is 1. The van der Waals surface area contributed by atoms with Crippen molar-refractivity contribution in [2.75, 3.05) is 26.2 Å². The van der Waals surface area contributed by atoms with Gasteiger partial charge in [-0.1, -0.05) is 0 Å². The number of piperazine rings is 1. The average Bonchev–Trinajstić information content (AvgIpc) is 2.41. The van der Waals surface area contributed by atoms with Crippen molar-refractivity contribution >= 4 is 5.69 Å². The van der Waals surface area contributed by atoms with Gasteiger partial charge in [0.2, 0.25) is 0 Å². The van der Waals surface area contributed by atoms with Gasteiger partial charge in [-0.2, -0.15) is 0 Å². The lowest BCUT2D eigenvalue weighted by Gasteiger charge is -2.33. The van der Waals surface area contributed by atoms with Gasteiger partial charge in [-0.05, 0) is 6.92 Å². The first-order valence-electron chi connectivity index (χ1n) is 6.12. The van der Waals surface area contributed by atoms with Gasteiger partial charge in [-0.15, -0.1) is 0 Å². The first kappa shape index (κ1) is 13.7. The fraction of sp³-hybridized carbons (Fsp3) is 0.500. The molecule has 7 heteroatoms. The van der Waals surface area contributed by atoms with Gasteiger partial charge in [-0.3, -0.25) is 15.0 Å². The number of phenolic OH excluding ortho intramolecular Hbond substituents is 1. The Bertz CT molecular complexity index is 489. The van der Waals surface area contributed by atoms with Crippen LogP contribution in [0.25, 0.3) is 0 Å². The number of benzene rings is 1. The van der Waals surface area contributed by atoms with Crippen LogP contribution in [0, 0.1) is 15.9 Å². The van der Waals surface area contributed by atoms with Crippen molar-refractivity contribution in [3.8, 4) is 5.75 Å². The summed E-state index contributed by atoms with van der Waals surface area (Å²) in [6.07, 6.45) is 0. The average molecular weight is 269 g/mol. The lowest BCUT2D eigenvalue weighted by molar-refractivity contribution is -0.385. The molecule has 1 aliphatic heterocycles. The van der Waals surface area contributed by atoms with Crippen LogP contribution in [0.4, 0.5) is 10.1 Å². The van der Waals surface area contributed by atoms with Crippen molar-refractivity contribution < 1.29 is 14.4 Å². The summed E-state index contributed by atoms with van der Waals surface area (Å²) in [6, 6.07) is 1.71. The summed E-state index contributed by atoms with van der Waals surface area (Å²) in [5.41, 5.74) is -0.0825. The van der Waals surface area contributed by atoms with Crippen LogP contribution in [0.3, 0.4) is 0 Å². The number of aromatic hydroxyl groups is 1. The highest BCUT2D eigenvalue weighted by molar-refractivity contribution is 5.45. The molecule has 1 aromatic carbocycles. The maximum absolute atomic E-state index is 13.5. The van der Waals surface area contributed by atoms with E-state index in [4.69, 9.17) is 0 Å². The first-order chi connectivity index (χ1) is 9.00. The second-order valence-corrected chi connectivity index (χ2v) is 4.58. The number of nitro groups is 1. The highest BCUT2D eigenvalue weighted by Gasteiger charge is 2.25. The lowest BCUT2D eigenvalue weighted by atomic mass is 10.0. The van der Waals surface area contributed by atoms with Crippen molar-refractivity contribution in [1.29, 1.82) is 0 Å². The van der Waals surface area contributed by atoms with Crippen LogP contribution in [-0.2, 0) is 0 Å². The smallest absolute Gasteiger partial charge is 0.272 e. The van der Waals surface area contributed by atoms with Gasteiger partial charge in [0.25, 0.3) is 5.69 Å². The third kappa shape index (κ3) is 2.82. The molecule has 0 amide bonds. The molecular weight excluding hydrogens is 253 g/mol. The zero-order valence-electron chi connectivity index (χ0n) is 10.6. The first-order valence-corrected chi connectivity index (χ1v) is 6.12. The zero-order chi connectivity index (χ0) is 14.0. The van der Waals surface area contributed by atoms with Gasteiger partial charge >= 0.3 is 0 Å². The summed E-state index contributed by atoms with van der Waals surface area (Å²) in [5, 5.41) is 23.7. The number of non-ortho nitro benzene ring substituents is 1. The molecule has 1 aliphatic rings. The number of hydrogen-bond donors (Lipinski definition) is 2. The summed E-state index contributed by atoms with van der Waals surface area (Å²) in [6.45, 7) is 4.93. The molecule has 0 bridgehead atoms. The SMILES string of the molecule is C[C@@H](c1cc([N+](=O)[O-])cc(F)c1O)N1CCNCC1. The van der Waals surface area contributed by atoms with Crippen LogP contribution in [0.1, 0.15) is 18.5 Å². The van der Waals surface area contributed by atoms with Gasteiger partial charge in [0.1, 0.15) is 0 Å². The predicted octanol–water partition coefficient (Wildman–Crippen LogP) is 1.41. The van der Waals surface area contributed by atoms with E-state index in [2.05, 4.69) is 10.2 Å². The predicted molar refractivity (Wildman–Crippen MR) is 67.6 cm³/mol. The fourth-order valence-corrected chi connectivity index (χ4v) is 2.30. The molecule has 1 saturated heterocycles. The van der Waals surface area contributed by atoms with E-state index >= 15 is 0 Å². The van der Waals surface area contributed by atoms with E-state index in [0.717, 1.165) is 32.2 Å². The van der Waals surface area contributed by atoms with Crippen LogP contribution >= 0.6 is 0 Å². The standard InChI is InChI=1S/C12H16FN3O3/c1-8(15-4-2-14-3-5-15)10-6-9(16(18)19)7-11(13)12(10)17/h6-8,14,17H,2-5H2,1H3/t8-/m0/s1. The van der Waals surface area contributed by atoms with Gasteiger partial charge in [-0.25, -0.2) is 4.39 Å². The molecule has 19 heavy (non-hydrogen) atoms. The molecule has 1 aromatic rings. The third-order valence-corrected chi connectivity index (χ3v) is 3.44. The van der Waals surface area contributed by atoms with E-state index in [9.17, 15) is 19.6 Å². The van der Waals surface area contributed by atoms with E-state index in [1.165, 1.54) is 6.07 Å². The molecule has 2 rings (SSSR count). The Morgan fingerprint density at radius 3 is 2.68 bits per heavy atom. The molecule has 0 unspecified atom stereocenters. The lowest BCUT2D eigenvalue weighted by Crippen LogP contribution is -2.44. The van der Waals surface area contributed by atoms with Crippen molar-refractivity contribution in [2.45, 2.75) is 13.0 Å². The van der Waals surface area contributed by atoms with Gasteiger partial charge in [0.15, 0.2) is 11.6 Å². The summed E-state index contributed by atoms with van der Waals surface area (Å²) >= 11 is 0. The van der Waals surface area contributed by atoms with Crippen molar-refractivity contribution in [3.05, 3.63) is 33.6 Å². The van der Waals surface area contributed by atoms with Gasteiger partial charge in [0.05, 0.1) is 11.0 Å². The Balaban J connectivity index is 2.34. The quantitative estimate of drug-likeness (QED) is 0.640. The molecule has 0 spiro atoms. The third-order valence-electron chi connectivity index (χ3n) is 3.44. The Morgan fingerprint density at radius 2 is 2.11 bits per heavy atom. The normalized spacial score (nSPS) is 18.2. The molecule has 1 heterocycles. The van der Waals surface area contributed by atoms with E-state index in [-0.39, 0.29) is 17.3 Å². The highest BCUT2D eigenvalue weighted by Crippen LogP contribution is 2.34. The number of nitrogens with zero attached hydrogens (tertiary/aromatic N) is 2. The largest absolute Gasteiger partial charge is 0.505 e. The maximum atomic E-state index is 13.5. The van der Waals surface area contributed by atoms with Crippen molar-refractivity contribution in [2.24, 2.45) is 0 Å². The monoisotopic (exact) mass is 269 g/mol. The van der Waals surface area contributed by atoms with E-state index in [1.807, 2.05) is 6.92 Å². The molecule has 6 nitrogen and oxygen atoms in total. The molecule has 0 saturated carbocycles. The summed E-state index contributed by atoms with van der Waals surface area (Å²) in [5.74, 6) is -1.46. The second kappa shape index (κ2) is 5.50. The summed E-state index contributed by atoms with van der Waals surface area (Å²) < 4.78 is 13.5. The minimum absolute atomic E-state index is 0.258.